The van der Waals surface area contributed by atoms with Crippen LogP contribution in [0.4, 0.5) is 13.2 Å². The molecule has 3 nitrogen and oxygen atoms in total. The monoisotopic (exact) mass is 222 g/mol. The highest BCUT2D eigenvalue weighted by atomic mass is 19.4. The molecular formula is C9H13F3N2O. The number of rotatable bonds is 2. The Bertz CT molecular complexity index is 325. The minimum Gasteiger partial charge on any atom is -0.244 e. The summed E-state index contributed by atoms with van der Waals surface area (Å²) in [5.74, 6) is 0. The van der Waals surface area contributed by atoms with E-state index in [0.29, 0.717) is 11.4 Å². The van der Waals surface area contributed by atoms with Gasteiger partial charge in [0, 0.05) is 18.3 Å². The number of aryl methyl sites for hydroxylation is 1. The van der Waals surface area contributed by atoms with Gasteiger partial charge in [-0.05, 0) is 0 Å². The predicted molar refractivity (Wildman–Crippen MR) is 47.4 cm³/mol. The second-order valence-electron chi connectivity index (χ2n) is 4.42. The van der Waals surface area contributed by atoms with Crippen LogP contribution in [0, 0.1) is 0 Å². The highest BCUT2D eigenvalue weighted by Gasteiger charge is 2.30. The van der Waals surface area contributed by atoms with Crippen LogP contribution in [0.3, 0.4) is 0 Å². The number of hydrogen-bond donors (Lipinski definition) is 0. The van der Waals surface area contributed by atoms with Crippen molar-refractivity contribution >= 4 is 0 Å². The van der Waals surface area contributed by atoms with Crippen molar-refractivity contribution in [3.63, 3.8) is 0 Å². The summed E-state index contributed by atoms with van der Waals surface area (Å²) < 4.78 is 40.5. The van der Waals surface area contributed by atoms with Gasteiger partial charge in [-0.25, -0.2) is 4.63 Å². The summed E-state index contributed by atoms with van der Waals surface area (Å²) in [7, 11) is 0. The van der Waals surface area contributed by atoms with Gasteiger partial charge in [0.1, 0.15) is 11.4 Å². The van der Waals surface area contributed by atoms with Crippen molar-refractivity contribution in [3.05, 3.63) is 11.4 Å². The van der Waals surface area contributed by atoms with Crippen LogP contribution in [0.2, 0.25) is 0 Å². The first kappa shape index (κ1) is 12.0. The molecule has 0 atom stereocenters. The Kier molecular flexibility index (Phi) is 3.06. The van der Waals surface area contributed by atoms with Gasteiger partial charge in [0.25, 0.3) is 0 Å². The van der Waals surface area contributed by atoms with Crippen LogP contribution in [-0.2, 0) is 11.8 Å². The van der Waals surface area contributed by atoms with E-state index in [1.165, 1.54) is 0 Å². The topological polar surface area (TPSA) is 38.9 Å². The zero-order chi connectivity index (χ0) is 11.7. The summed E-state index contributed by atoms with van der Waals surface area (Å²) in [6.45, 7) is 5.55. The molecular weight excluding hydrogens is 209 g/mol. The summed E-state index contributed by atoms with van der Waals surface area (Å²) in [4.78, 5) is 0. The molecule has 0 fully saturated rings. The zero-order valence-corrected chi connectivity index (χ0v) is 8.85. The molecule has 15 heavy (non-hydrogen) atoms. The Morgan fingerprint density at radius 1 is 1.13 bits per heavy atom. The number of aromatic nitrogens is 2. The minimum atomic E-state index is -4.17. The van der Waals surface area contributed by atoms with Crippen LogP contribution >= 0.6 is 0 Å². The van der Waals surface area contributed by atoms with E-state index in [9.17, 15) is 13.2 Å². The average Bonchev–Trinajstić information content (AvgIpc) is 2.45. The lowest BCUT2D eigenvalue weighted by atomic mass is 9.90. The Labute approximate surface area is 85.6 Å². The van der Waals surface area contributed by atoms with Gasteiger partial charge in [-0.3, -0.25) is 0 Å². The summed E-state index contributed by atoms with van der Waals surface area (Å²) >= 11 is 0. The number of nitrogens with zero attached hydrogens (tertiary/aromatic N) is 2. The molecule has 0 radical (unpaired) electrons. The van der Waals surface area contributed by atoms with Crippen LogP contribution in [0.15, 0.2) is 4.63 Å². The maximum absolute atomic E-state index is 12.0. The van der Waals surface area contributed by atoms with Gasteiger partial charge >= 0.3 is 6.18 Å². The Hall–Kier alpha value is -1.07. The van der Waals surface area contributed by atoms with E-state index < -0.39 is 12.6 Å². The Morgan fingerprint density at radius 3 is 2.20 bits per heavy atom. The van der Waals surface area contributed by atoms with Crippen molar-refractivity contribution in [2.24, 2.45) is 0 Å². The molecule has 0 unspecified atom stereocenters. The molecule has 1 heterocycles. The molecule has 0 spiro atoms. The van der Waals surface area contributed by atoms with E-state index in [0.717, 1.165) is 0 Å². The molecule has 0 saturated carbocycles. The zero-order valence-electron chi connectivity index (χ0n) is 8.85. The number of hydrogen-bond acceptors (Lipinski definition) is 3. The lowest BCUT2D eigenvalue weighted by Gasteiger charge is -2.15. The summed E-state index contributed by atoms with van der Waals surface area (Å²) in [6.07, 6.45) is -5.25. The average molecular weight is 222 g/mol. The second kappa shape index (κ2) is 3.83. The molecule has 0 aromatic carbocycles. The molecule has 0 bridgehead atoms. The molecule has 1 rings (SSSR count). The molecule has 6 heteroatoms. The SMILES string of the molecule is CC(C)(C)c1nonc1CCC(F)(F)F. The van der Waals surface area contributed by atoms with Crippen molar-refractivity contribution < 1.29 is 17.8 Å². The van der Waals surface area contributed by atoms with Crippen LogP contribution in [0.1, 0.15) is 38.6 Å². The fourth-order valence-corrected chi connectivity index (χ4v) is 1.20. The highest BCUT2D eigenvalue weighted by molar-refractivity contribution is 5.16. The highest BCUT2D eigenvalue weighted by Crippen LogP contribution is 2.27. The van der Waals surface area contributed by atoms with Crippen LogP contribution < -0.4 is 0 Å². The third-order valence-corrected chi connectivity index (χ3v) is 1.91. The quantitative estimate of drug-likeness (QED) is 0.772. The molecule has 86 valence electrons. The fraction of sp³-hybridized carbons (Fsp3) is 0.778. The molecule has 0 saturated heterocycles. The van der Waals surface area contributed by atoms with Gasteiger partial charge in [-0.15, -0.1) is 0 Å². The van der Waals surface area contributed by atoms with Crippen molar-refractivity contribution in [3.8, 4) is 0 Å². The van der Waals surface area contributed by atoms with E-state index in [2.05, 4.69) is 14.9 Å². The van der Waals surface area contributed by atoms with E-state index >= 15 is 0 Å². The molecule has 0 aliphatic rings. The van der Waals surface area contributed by atoms with E-state index in [4.69, 9.17) is 0 Å². The smallest absolute Gasteiger partial charge is 0.244 e. The first-order valence-corrected chi connectivity index (χ1v) is 4.59. The molecule has 1 aromatic rings. The fourth-order valence-electron chi connectivity index (χ4n) is 1.20. The van der Waals surface area contributed by atoms with E-state index in [1.54, 1.807) is 0 Å². The number of alkyl halides is 3. The molecule has 0 aliphatic heterocycles. The molecule has 0 amide bonds. The van der Waals surface area contributed by atoms with Crippen molar-refractivity contribution in [1.29, 1.82) is 0 Å². The molecule has 0 aliphatic carbocycles. The minimum absolute atomic E-state index is 0.181. The maximum Gasteiger partial charge on any atom is 0.389 e. The molecule has 0 N–H and O–H groups in total. The van der Waals surface area contributed by atoms with Crippen molar-refractivity contribution in [2.45, 2.75) is 45.2 Å². The van der Waals surface area contributed by atoms with Gasteiger partial charge in [0.15, 0.2) is 0 Å². The van der Waals surface area contributed by atoms with Gasteiger partial charge in [-0.1, -0.05) is 31.1 Å². The van der Waals surface area contributed by atoms with Crippen molar-refractivity contribution in [1.82, 2.24) is 10.3 Å². The summed E-state index contributed by atoms with van der Waals surface area (Å²) in [5, 5.41) is 7.13. The lowest BCUT2D eigenvalue weighted by molar-refractivity contribution is -0.134. The van der Waals surface area contributed by atoms with Gasteiger partial charge in [0.2, 0.25) is 0 Å². The maximum atomic E-state index is 12.0. The normalized spacial score (nSPS) is 13.2. The van der Waals surface area contributed by atoms with Crippen molar-refractivity contribution in [2.75, 3.05) is 0 Å². The largest absolute Gasteiger partial charge is 0.389 e. The first-order valence-electron chi connectivity index (χ1n) is 4.59. The summed E-state index contributed by atoms with van der Waals surface area (Å²) in [5.41, 5.74) is 0.438. The Morgan fingerprint density at radius 2 is 1.73 bits per heavy atom. The third kappa shape index (κ3) is 3.53. The van der Waals surface area contributed by atoms with Crippen LogP contribution in [0.25, 0.3) is 0 Å². The Balaban J connectivity index is 2.75. The van der Waals surface area contributed by atoms with Gasteiger partial charge in [-0.2, -0.15) is 13.2 Å². The molecule has 1 aromatic heterocycles. The standard InChI is InChI=1S/C9H13F3N2O/c1-8(2,3)7-6(13-15-14-7)4-5-9(10,11)12/h4-5H2,1-3H3. The number of halogens is 3. The lowest BCUT2D eigenvalue weighted by Crippen LogP contribution is -2.16. The van der Waals surface area contributed by atoms with Crippen LogP contribution in [-0.4, -0.2) is 16.5 Å². The van der Waals surface area contributed by atoms with Crippen LogP contribution in [0.5, 0.6) is 0 Å². The van der Waals surface area contributed by atoms with Gasteiger partial charge < -0.3 is 0 Å². The van der Waals surface area contributed by atoms with Gasteiger partial charge in [0.05, 0.1) is 0 Å². The summed E-state index contributed by atoms with van der Waals surface area (Å²) in [6, 6.07) is 0. The predicted octanol–water partition coefficient (Wildman–Crippen LogP) is 2.86. The van der Waals surface area contributed by atoms with E-state index in [1.807, 2.05) is 20.8 Å². The van der Waals surface area contributed by atoms with E-state index in [-0.39, 0.29) is 11.8 Å². The third-order valence-electron chi connectivity index (χ3n) is 1.91. The first-order chi connectivity index (χ1) is 6.70. The second-order valence-corrected chi connectivity index (χ2v) is 4.42.